The van der Waals surface area contributed by atoms with Crippen LogP contribution >= 0.6 is 0 Å². The van der Waals surface area contributed by atoms with E-state index in [4.69, 9.17) is 9.47 Å². The smallest absolute Gasteiger partial charge is 0.207 e. The normalized spacial score (nSPS) is 15.1. The average Bonchev–Trinajstić information content (AvgIpc) is 2.62. The predicted octanol–water partition coefficient (Wildman–Crippen LogP) is 6.16. The summed E-state index contributed by atoms with van der Waals surface area (Å²) in [5, 5.41) is 0. The molecule has 0 aliphatic carbocycles. The lowest BCUT2D eigenvalue weighted by molar-refractivity contribution is -0.129. The minimum atomic E-state index is -0.353. The number of pyridine rings is 1. The molecular formula is C23H33NO2. The van der Waals surface area contributed by atoms with Crippen LogP contribution in [0.15, 0.2) is 48.8 Å². The Morgan fingerprint density at radius 1 is 0.923 bits per heavy atom. The van der Waals surface area contributed by atoms with Crippen LogP contribution in [-0.2, 0) is 4.74 Å². The maximum Gasteiger partial charge on any atom is 0.207 e. The highest BCUT2D eigenvalue weighted by molar-refractivity contribution is 5.29. The Labute approximate surface area is 158 Å². The number of hydrogen-bond acceptors (Lipinski definition) is 3. The van der Waals surface area contributed by atoms with Gasteiger partial charge in [-0.1, -0.05) is 45.9 Å². The zero-order valence-electron chi connectivity index (χ0n) is 17.0. The van der Waals surface area contributed by atoms with Crippen LogP contribution < -0.4 is 4.74 Å². The monoisotopic (exact) mass is 355 g/mol. The summed E-state index contributed by atoms with van der Waals surface area (Å²) in [5.41, 5.74) is 2.48. The Hall–Kier alpha value is -1.87. The number of aromatic nitrogens is 1. The highest BCUT2D eigenvalue weighted by Crippen LogP contribution is 2.32. The molecule has 2 rings (SSSR count). The molecule has 0 N–H and O–H groups in total. The maximum atomic E-state index is 6.32. The first-order valence-corrected chi connectivity index (χ1v) is 9.74. The van der Waals surface area contributed by atoms with Crippen LogP contribution in [0, 0.1) is 5.92 Å². The van der Waals surface area contributed by atoms with Crippen molar-refractivity contribution in [1.82, 2.24) is 4.98 Å². The van der Waals surface area contributed by atoms with Gasteiger partial charge in [-0.3, -0.25) is 4.98 Å². The zero-order valence-corrected chi connectivity index (χ0v) is 17.0. The molecule has 1 heterocycles. The van der Waals surface area contributed by atoms with E-state index >= 15 is 0 Å². The lowest BCUT2D eigenvalue weighted by Gasteiger charge is -2.32. The van der Waals surface area contributed by atoms with Gasteiger partial charge in [0.2, 0.25) is 6.29 Å². The van der Waals surface area contributed by atoms with Crippen molar-refractivity contribution < 1.29 is 9.47 Å². The molecule has 3 atom stereocenters. The van der Waals surface area contributed by atoms with Crippen LogP contribution in [0.2, 0.25) is 0 Å². The second-order valence-corrected chi connectivity index (χ2v) is 7.61. The number of ether oxygens (including phenoxy) is 2. The van der Waals surface area contributed by atoms with Gasteiger partial charge in [-0.15, -0.1) is 0 Å². The van der Waals surface area contributed by atoms with E-state index in [9.17, 15) is 0 Å². The molecule has 26 heavy (non-hydrogen) atoms. The first-order chi connectivity index (χ1) is 12.4. The molecule has 1 aromatic carbocycles. The van der Waals surface area contributed by atoms with Gasteiger partial charge in [-0.25, -0.2) is 0 Å². The zero-order chi connectivity index (χ0) is 19.1. The molecule has 0 fully saturated rings. The summed E-state index contributed by atoms with van der Waals surface area (Å²) < 4.78 is 12.5. The van der Waals surface area contributed by atoms with E-state index in [0.717, 1.165) is 17.7 Å². The van der Waals surface area contributed by atoms with Crippen molar-refractivity contribution in [1.29, 1.82) is 0 Å². The number of rotatable bonds is 9. The molecule has 142 valence electrons. The van der Waals surface area contributed by atoms with Crippen LogP contribution in [0.3, 0.4) is 0 Å². The van der Waals surface area contributed by atoms with E-state index < -0.39 is 0 Å². The summed E-state index contributed by atoms with van der Waals surface area (Å²) in [6, 6.07) is 12.5. The van der Waals surface area contributed by atoms with Crippen molar-refractivity contribution in [2.24, 2.45) is 5.92 Å². The highest BCUT2D eigenvalue weighted by atomic mass is 16.7. The lowest BCUT2D eigenvalue weighted by atomic mass is 9.88. The fraction of sp³-hybridized carbons (Fsp3) is 0.522. The molecule has 3 heteroatoms. The summed E-state index contributed by atoms with van der Waals surface area (Å²) in [6.45, 7) is 12.9. The number of hydrogen-bond donors (Lipinski definition) is 0. The Morgan fingerprint density at radius 3 is 2.12 bits per heavy atom. The molecule has 0 amide bonds. The van der Waals surface area contributed by atoms with Crippen LogP contribution in [0.4, 0.5) is 0 Å². The van der Waals surface area contributed by atoms with Gasteiger partial charge < -0.3 is 9.47 Å². The van der Waals surface area contributed by atoms with Crippen molar-refractivity contribution in [2.75, 3.05) is 0 Å². The van der Waals surface area contributed by atoms with Gasteiger partial charge in [0.1, 0.15) is 5.75 Å². The summed E-state index contributed by atoms with van der Waals surface area (Å²) in [7, 11) is 0. The van der Waals surface area contributed by atoms with Crippen LogP contribution in [0.25, 0.3) is 0 Å². The Bertz CT molecular complexity index is 637. The van der Waals surface area contributed by atoms with E-state index in [1.54, 1.807) is 6.20 Å². The van der Waals surface area contributed by atoms with Crippen molar-refractivity contribution in [3.63, 3.8) is 0 Å². The second kappa shape index (κ2) is 9.72. The molecule has 0 saturated heterocycles. The van der Waals surface area contributed by atoms with E-state index in [2.05, 4.69) is 63.0 Å². The summed E-state index contributed by atoms with van der Waals surface area (Å²) in [6.07, 6.45) is 4.58. The summed E-state index contributed by atoms with van der Waals surface area (Å²) in [5.74, 6) is 1.88. The first kappa shape index (κ1) is 20.4. The predicted molar refractivity (Wildman–Crippen MR) is 108 cm³/mol. The van der Waals surface area contributed by atoms with Gasteiger partial charge >= 0.3 is 0 Å². The van der Waals surface area contributed by atoms with E-state index in [-0.39, 0.29) is 18.3 Å². The SMILES string of the molecule is CCC(C)c1ccc(OC(OC(C)C)C(c2cccnc2)C(C)C)cc1. The van der Waals surface area contributed by atoms with E-state index in [0.29, 0.717) is 11.8 Å². The Balaban J connectivity index is 2.25. The minimum Gasteiger partial charge on any atom is -0.464 e. The Kier molecular flexibility index (Phi) is 7.65. The molecule has 0 aliphatic heterocycles. The van der Waals surface area contributed by atoms with Gasteiger partial charge in [0, 0.05) is 12.4 Å². The van der Waals surface area contributed by atoms with E-state index in [1.165, 1.54) is 5.56 Å². The largest absolute Gasteiger partial charge is 0.464 e. The quantitative estimate of drug-likeness (QED) is 0.504. The van der Waals surface area contributed by atoms with Crippen LogP contribution in [0.5, 0.6) is 5.75 Å². The van der Waals surface area contributed by atoms with Gasteiger partial charge in [-0.05, 0) is 61.4 Å². The molecule has 0 aliphatic rings. The van der Waals surface area contributed by atoms with Crippen LogP contribution in [-0.4, -0.2) is 17.4 Å². The molecule has 0 spiro atoms. The third kappa shape index (κ3) is 5.57. The topological polar surface area (TPSA) is 31.4 Å². The second-order valence-electron chi connectivity index (χ2n) is 7.61. The van der Waals surface area contributed by atoms with Gasteiger partial charge in [0.15, 0.2) is 0 Å². The van der Waals surface area contributed by atoms with Crippen molar-refractivity contribution >= 4 is 0 Å². The molecule has 2 aromatic rings. The van der Waals surface area contributed by atoms with Crippen molar-refractivity contribution in [3.05, 3.63) is 59.9 Å². The van der Waals surface area contributed by atoms with E-state index in [1.807, 2.05) is 26.1 Å². The highest BCUT2D eigenvalue weighted by Gasteiger charge is 2.30. The summed E-state index contributed by atoms with van der Waals surface area (Å²) in [4.78, 5) is 4.29. The third-order valence-electron chi connectivity index (χ3n) is 4.80. The fourth-order valence-electron chi connectivity index (χ4n) is 3.13. The van der Waals surface area contributed by atoms with Crippen LogP contribution in [0.1, 0.15) is 70.9 Å². The van der Waals surface area contributed by atoms with Gasteiger partial charge in [0.25, 0.3) is 0 Å². The summed E-state index contributed by atoms with van der Waals surface area (Å²) >= 11 is 0. The number of nitrogens with zero attached hydrogens (tertiary/aromatic N) is 1. The molecule has 0 bridgehead atoms. The molecular weight excluding hydrogens is 322 g/mol. The van der Waals surface area contributed by atoms with Gasteiger partial charge in [0.05, 0.1) is 12.0 Å². The molecule has 0 radical (unpaired) electrons. The lowest BCUT2D eigenvalue weighted by Crippen LogP contribution is -2.34. The average molecular weight is 356 g/mol. The van der Waals surface area contributed by atoms with Gasteiger partial charge in [-0.2, -0.15) is 0 Å². The van der Waals surface area contributed by atoms with Crippen molar-refractivity contribution in [2.45, 2.75) is 72.2 Å². The standard InChI is InChI=1S/C23H33NO2/c1-7-18(6)19-10-12-21(13-11-19)26-23(25-17(4)5)22(16(2)3)20-9-8-14-24-15-20/h8-18,22-23H,7H2,1-6H3. The Morgan fingerprint density at radius 2 is 1.62 bits per heavy atom. The molecule has 3 nitrogen and oxygen atoms in total. The molecule has 0 saturated carbocycles. The van der Waals surface area contributed by atoms with Crippen molar-refractivity contribution in [3.8, 4) is 5.75 Å². The molecule has 1 aromatic heterocycles. The number of benzene rings is 1. The maximum absolute atomic E-state index is 6.32. The molecule has 3 unspecified atom stereocenters. The fourth-order valence-corrected chi connectivity index (χ4v) is 3.13. The first-order valence-electron chi connectivity index (χ1n) is 9.74. The minimum absolute atomic E-state index is 0.0808. The third-order valence-corrected chi connectivity index (χ3v) is 4.80.